The zero-order valence-electron chi connectivity index (χ0n) is 10.8. The van der Waals surface area contributed by atoms with E-state index < -0.39 is 6.10 Å². The first kappa shape index (κ1) is 13.5. The first-order chi connectivity index (χ1) is 9.19. The summed E-state index contributed by atoms with van der Waals surface area (Å²) in [6.45, 7) is 2.61. The molecule has 0 aliphatic heterocycles. The third-order valence-electron chi connectivity index (χ3n) is 2.78. The average Bonchev–Trinajstić information content (AvgIpc) is 2.85. The Morgan fingerprint density at radius 1 is 1.37 bits per heavy atom. The van der Waals surface area contributed by atoms with Crippen molar-refractivity contribution in [2.24, 2.45) is 0 Å². The summed E-state index contributed by atoms with van der Waals surface area (Å²) in [6.07, 6.45) is 3.73. The summed E-state index contributed by atoms with van der Waals surface area (Å²) in [5, 5.41) is 9.91. The highest BCUT2D eigenvalue weighted by molar-refractivity contribution is 5.22. The third kappa shape index (κ3) is 3.79. The van der Waals surface area contributed by atoms with Crippen molar-refractivity contribution in [1.29, 1.82) is 0 Å². The predicted molar refractivity (Wildman–Crippen MR) is 69.5 cm³/mol. The minimum absolute atomic E-state index is 0.160. The Morgan fingerprint density at radius 3 is 2.79 bits per heavy atom. The number of benzene rings is 1. The highest BCUT2D eigenvalue weighted by Gasteiger charge is 2.09. The lowest BCUT2D eigenvalue weighted by atomic mass is 10.3. The third-order valence-corrected chi connectivity index (χ3v) is 2.78. The maximum absolute atomic E-state index is 12.7. The second kappa shape index (κ2) is 6.33. The van der Waals surface area contributed by atoms with Crippen LogP contribution < -0.4 is 4.74 Å². The summed E-state index contributed by atoms with van der Waals surface area (Å²) < 4.78 is 20.0. The Labute approximate surface area is 111 Å². The van der Waals surface area contributed by atoms with E-state index in [4.69, 9.17) is 4.74 Å². The molecule has 19 heavy (non-hydrogen) atoms. The van der Waals surface area contributed by atoms with Crippen molar-refractivity contribution in [2.45, 2.75) is 26.0 Å². The van der Waals surface area contributed by atoms with Gasteiger partial charge in [-0.25, -0.2) is 9.37 Å². The van der Waals surface area contributed by atoms with E-state index in [0.717, 1.165) is 12.2 Å². The molecule has 1 heterocycles. The van der Waals surface area contributed by atoms with Crippen LogP contribution in [0.25, 0.3) is 0 Å². The zero-order chi connectivity index (χ0) is 13.7. The SMILES string of the molecule is CCc1nccn1CC(O)COc1ccc(F)cc1. The zero-order valence-corrected chi connectivity index (χ0v) is 10.8. The number of hydrogen-bond acceptors (Lipinski definition) is 3. The van der Waals surface area contributed by atoms with Crippen LogP contribution in [-0.2, 0) is 13.0 Å². The maximum Gasteiger partial charge on any atom is 0.123 e. The van der Waals surface area contributed by atoms with Gasteiger partial charge in [0.05, 0.1) is 6.54 Å². The Hall–Kier alpha value is -1.88. The van der Waals surface area contributed by atoms with E-state index in [1.807, 2.05) is 17.7 Å². The van der Waals surface area contributed by atoms with Crippen LogP contribution in [0.5, 0.6) is 5.75 Å². The lowest BCUT2D eigenvalue weighted by Crippen LogP contribution is -2.24. The summed E-state index contributed by atoms with van der Waals surface area (Å²) >= 11 is 0. The molecular weight excluding hydrogens is 247 g/mol. The Kier molecular flexibility index (Phi) is 4.52. The monoisotopic (exact) mass is 264 g/mol. The summed E-state index contributed by atoms with van der Waals surface area (Å²) in [5.74, 6) is 1.17. The molecule has 1 atom stereocenters. The van der Waals surface area contributed by atoms with Crippen LogP contribution in [-0.4, -0.2) is 27.4 Å². The summed E-state index contributed by atoms with van der Waals surface area (Å²) in [6, 6.07) is 5.73. The van der Waals surface area contributed by atoms with Crippen LogP contribution in [0.4, 0.5) is 4.39 Å². The number of hydrogen-bond donors (Lipinski definition) is 1. The van der Waals surface area contributed by atoms with Gasteiger partial charge in [-0.15, -0.1) is 0 Å². The highest BCUT2D eigenvalue weighted by atomic mass is 19.1. The number of aliphatic hydroxyl groups excluding tert-OH is 1. The van der Waals surface area contributed by atoms with Crippen molar-refractivity contribution < 1.29 is 14.2 Å². The smallest absolute Gasteiger partial charge is 0.123 e. The molecule has 0 spiro atoms. The van der Waals surface area contributed by atoms with Crippen LogP contribution in [0.1, 0.15) is 12.7 Å². The molecule has 1 aromatic heterocycles. The second-order valence-electron chi connectivity index (χ2n) is 4.27. The molecule has 1 N–H and O–H groups in total. The molecule has 4 nitrogen and oxygen atoms in total. The average molecular weight is 264 g/mol. The van der Waals surface area contributed by atoms with Gasteiger partial charge in [-0.05, 0) is 24.3 Å². The van der Waals surface area contributed by atoms with Crippen molar-refractivity contribution in [3.05, 3.63) is 48.3 Å². The van der Waals surface area contributed by atoms with E-state index in [-0.39, 0.29) is 12.4 Å². The van der Waals surface area contributed by atoms with Gasteiger partial charge < -0.3 is 14.4 Å². The quantitative estimate of drug-likeness (QED) is 0.868. The predicted octanol–water partition coefficient (Wildman–Crippen LogP) is 2.02. The number of imidazole rings is 1. The van der Waals surface area contributed by atoms with Crippen molar-refractivity contribution >= 4 is 0 Å². The Bertz CT molecular complexity index is 510. The standard InChI is InChI=1S/C14H17FN2O2/c1-2-14-16-7-8-17(14)9-12(18)10-19-13-5-3-11(15)4-6-13/h3-8,12,18H,2,9-10H2,1H3. The maximum atomic E-state index is 12.7. The molecule has 0 aliphatic rings. The lowest BCUT2D eigenvalue weighted by Gasteiger charge is -2.14. The minimum Gasteiger partial charge on any atom is -0.491 e. The van der Waals surface area contributed by atoms with Gasteiger partial charge in [0.1, 0.15) is 30.1 Å². The molecular formula is C14H17FN2O2. The van der Waals surface area contributed by atoms with E-state index in [1.165, 1.54) is 24.3 Å². The van der Waals surface area contributed by atoms with Gasteiger partial charge in [0, 0.05) is 18.8 Å². The minimum atomic E-state index is -0.635. The van der Waals surface area contributed by atoms with E-state index in [2.05, 4.69) is 4.98 Å². The fraction of sp³-hybridized carbons (Fsp3) is 0.357. The molecule has 0 saturated carbocycles. The van der Waals surface area contributed by atoms with Gasteiger partial charge in [0.2, 0.25) is 0 Å². The van der Waals surface area contributed by atoms with E-state index >= 15 is 0 Å². The number of aryl methyl sites for hydroxylation is 1. The van der Waals surface area contributed by atoms with Crippen LogP contribution in [0, 0.1) is 5.82 Å². The molecule has 2 aromatic rings. The number of nitrogens with zero attached hydrogens (tertiary/aromatic N) is 2. The first-order valence-electron chi connectivity index (χ1n) is 6.25. The summed E-state index contributed by atoms with van der Waals surface area (Å²) in [5.41, 5.74) is 0. The largest absolute Gasteiger partial charge is 0.491 e. The van der Waals surface area contributed by atoms with Crippen LogP contribution in [0.15, 0.2) is 36.7 Å². The van der Waals surface area contributed by atoms with Crippen molar-refractivity contribution in [3.8, 4) is 5.75 Å². The fourth-order valence-corrected chi connectivity index (χ4v) is 1.82. The number of aromatic nitrogens is 2. The van der Waals surface area contributed by atoms with Crippen molar-refractivity contribution in [2.75, 3.05) is 6.61 Å². The van der Waals surface area contributed by atoms with Crippen LogP contribution >= 0.6 is 0 Å². The lowest BCUT2D eigenvalue weighted by molar-refractivity contribution is 0.0917. The molecule has 0 radical (unpaired) electrons. The number of halogens is 1. The Balaban J connectivity index is 1.84. The molecule has 2 rings (SSSR count). The topological polar surface area (TPSA) is 47.3 Å². The van der Waals surface area contributed by atoms with Crippen LogP contribution in [0.3, 0.4) is 0 Å². The van der Waals surface area contributed by atoms with E-state index in [0.29, 0.717) is 12.3 Å². The number of aliphatic hydroxyl groups is 1. The summed E-state index contributed by atoms with van der Waals surface area (Å²) in [7, 11) is 0. The van der Waals surface area contributed by atoms with Crippen molar-refractivity contribution in [3.63, 3.8) is 0 Å². The normalized spacial score (nSPS) is 12.4. The van der Waals surface area contributed by atoms with Gasteiger partial charge in [0.25, 0.3) is 0 Å². The molecule has 1 aromatic carbocycles. The fourth-order valence-electron chi connectivity index (χ4n) is 1.82. The molecule has 0 fully saturated rings. The molecule has 1 unspecified atom stereocenters. The van der Waals surface area contributed by atoms with Crippen molar-refractivity contribution in [1.82, 2.24) is 9.55 Å². The Morgan fingerprint density at radius 2 is 2.11 bits per heavy atom. The van der Waals surface area contributed by atoms with Gasteiger partial charge in [-0.3, -0.25) is 0 Å². The number of rotatable bonds is 6. The van der Waals surface area contributed by atoms with Crippen LogP contribution in [0.2, 0.25) is 0 Å². The summed E-state index contributed by atoms with van der Waals surface area (Å²) in [4.78, 5) is 4.19. The van der Waals surface area contributed by atoms with Gasteiger partial charge in [0.15, 0.2) is 0 Å². The second-order valence-corrected chi connectivity index (χ2v) is 4.27. The van der Waals surface area contributed by atoms with Gasteiger partial charge >= 0.3 is 0 Å². The highest BCUT2D eigenvalue weighted by Crippen LogP contribution is 2.11. The first-order valence-corrected chi connectivity index (χ1v) is 6.25. The van der Waals surface area contributed by atoms with E-state index in [9.17, 15) is 9.50 Å². The van der Waals surface area contributed by atoms with Gasteiger partial charge in [-0.1, -0.05) is 6.92 Å². The molecule has 5 heteroatoms. The molecule has 0 saturated heterocycles. The molecule has 0 amide bonds. The van der Waals surface area contributed by atoms with Gasteiger partial charge in [-0.2, -0.15) is 0 Å². The molecule has 0 aliphatic carbocycles. The molecule has 102 valence electrons. The van der Waals surface area contributed by atoms with E-state index in [1.54, 1.807) is 6.20 Å². The number of ether oxygens (including phenoxy) is 1. The molecule has 0 bridgehead atoms.